The summed E-state index contributed by atoms with van der Waals surface area (Å²) in [6.45, 7) is 8.89. The Morgan fingerprint density at radius 3 is 2.52 bits per heavy atom. The number of H-pyrrole nitrogens is 1. The number of carbonyl (C=O) groups is 1. The first-order chi connectivity index (χ1) is 10.9. The van der Waals surface area contributed by atoms with Crippen molar-refractivity contribution in [3.8, 4) is 0 Å². The monoisotopic (exact) mass is 312 g/mol. The Morgan fingerprint density at radius 1 is 1.26 bits per heavy atom. The van der Waals surface area contributed by atoms with Crippen LogP contribution >= 0.6 is 0 Å². The number of aromatic nitrogens is 2. The number of aromatic amines is 1. The Morgan fingerprint density at radius 2 is 1.96 bits per heavy atom. The van der Waals surface area contributed by atoms with Gasteiger partial charge in [0, 0.05) is 36.5 Å². The van der Waals surface area contributed by atoms with Gasteiger partial charge in [-0.25, -0.2) is 4.98 Å². The molecule has 3 rings (SSSR count). The first kappa shape index (κ1) is 15.7. The van der Waals surface area contributed by atoms with E-state index in [2.05, 4.69) is 41.4 Å². The number of carbonyl (C=O) groups excluding carboxylic acids is 1. The minimum atomic E-state index is -0.0753. The van der Waals surface area contributed by atoms with Crippen LogP contribution in [0.2, 0.25) is 0 Å². The minimum Gasteiger partial charge on any atom is -0.345 e. The van der Waals surface area contributed by atoms with Crippen LogP contribution in [-0.2, 0) is 12.0 Å². The normalized spacial score (nSPS) is 15.3. The van der Waals surface area contributed by atoms with Crippen molar-refractivity contribution in [1.29, 1.82) is 0 Å². The zero-order valence-corrected chi connectivity index (χ0v) is 13.9. The molecule has 5 nitrogen and oxygen atoms in total. The topological polar surface area (TPSA) is 69.8 Å². The molecular formula is C18H24N4O. The Kier molecular flexibility index (Phi) is 4.22. The highest BCUT2D eigenvalue weighted by atomic mass is 16.1. The van der Waals surface area contributed by atoms with Crippen LogP contribution in [-0.4, -0.2) is 29.0 Å². The fourth-order valence-corrected chi connectivity index (χ4v) is 2.57. The van der Waals surface area contributed by atoms with E-state index in [-0.39, 0.29) is 11.3 Å². The van der Waals surface area contributed by atoms with Crippen LogP contribution < -0.4 is 10.6 Å². The van der Waals surface area contributed by atoms with Crippen LogP contribution in [0.3, 0.4) is 0 Å². The Labute approximate surface area is 136 Å². The SMILES string of the molecule is CC(C)(C)c1ccc(C(=O)NCc2ncc(C3CNC3)[nH]2)cc1. The van der Waals surface area contributed by atoms with Gasteiger partial charge < -0.3 is 15.6 Å². The predicted molar refractivity (Wildman–Crippen MR) is 90.5 cm³/mol. The average Bonchev–Trinajstić information content (AvgIpc) is 2.90. The molecule has 0 spiro atoms. The largest absolute Gasteiger partial charge is 0.345 e. The van der Waals surface area contributed by atoms with Gasteiger partial charge >= 0.3 is 0 Å². The molecule has 1 aromatic carbocycles. The summed E-state index contributed by atoms with van der Waals surface area (Å²) in [5, 5.41) is 6.15. The maximum Gasteiger partial charge on any atom is 0.251 e. The summed E-state index contributed by atoms with van der Waals surface area (Å²) in [7, 11) is 0. The smallest absolute Gasteiger partial charge is 0.251 e. The van der Waals surface area contributed by atoms with Crippen molar-refractivity contribution in [2.45, 2.75) is 38.6 Å². The number of amides is 1. The average molecular weight is 312 g/mol. The predicted octanol–water partition coefficient (Wildman–Crippen LogP) is 2.32. The number of hydrogen-bond acceptors (Lipinski definition) is 3. The van der Waals surface area contributed by atoms with Gasteiger partial charge in [0.15, 0.2) is 0 Å². The lowest BCUT2D eigenvalue weighted by atomic mass is 9.87. The minimum absolute atomic E-state index is 0.0753. The molecule has 2 heterocycles. The lowest BCUT2D eigenvalue weighted by Crippen LogP contribution is -2.40. The molecule has 0 saturated carbocycles. The summed E-state index contributed by atoms with van der Waals surface area (Å²) >= 11 is 0. The molecular weight excluding hydrogens is 288 g/mol. The number of nitrogens with one attached hydrogen (secondary N) is 3. The number of hydrogen-bond donors (Lipinski definition) is 3. The zero-order valence-electron chi connectivity index (χ0n) is 13.9. The molecule has 1 aromatic heterocycles. The molecule has 1 aliphatic heterocycles. The molecule has 3 N–H and O–H groups in total. The van der Waals surface area contributed by atoms with Crippen LogP contribution in [0.4, 0.5) is 0 Å². The maximum absolute atomic E-state index is 12.2. The number of benzene rings is 1. The summed E-state index contributed by atoms with van der Waals surface area (Å²) in [4.78, 5) is 19.8. The highest BCUT2D eigenvalue weighted by Crippen LogP contribution is 2.22. The Hall–Kier alpha value is -2.14. The summed E-state index contributed by atoms with van der Waals surface area (Å²) < 4.78 is 0. The Bertz CT molecular complexity index is 678. The molecule has 23 heavy (non-hydrogen) atoms. The third-order valence-electron chi connectivity index (χ3n) is 4.30. The highest BCUT2D eigenvalue weighted by Gasteiger charge is 2.21. The third kappa shape index (κ3) is 3.62. The molecule has 1 aliphatic rings. The van der Waals surface area contributed by atoms with E-state index in [9.17, 15) is 4.79 Å². The second-order valence-corrected chi connectivity index (χ2v) is 7.15. The van der Waals surface area contributed by atoms with E-state index in [0.29, 0.717) is 18.0 Å². The molecule has 1 amide bonds. The van der Waals surface area contributed by atoms with E-state index >= 15 is 0 Å². The summed E-state index contributed by atoms with van der Waals surface area (Å²) in [5.74, 6) is 1.25. The fourth-order valence-electron chi connectivity index (χ4n) is 2.57. The third-order valence-corrected chi connectivity index (χ3v) is 4.30. The van der Waals surface area contributed by atoms with E-state index < -0.39 is 0 Å². The van der Waals surface area contributed by atoms with Gasteiger partial charge in [0.1, 0.15) is 5.82 Å². The molecule has 0 aliphatic carbocycles. The van der Waals surface area contributed by atoms with Crippen molar-refractivity contribution in [2.24, 2.45) is 0 Å². The van der Waals surface area contributed by atoms with Crippen LogP contribution in [0, 0.1) is 0 Å². The van der Waals surface area contributed by atoms with Gasteiger partial charge in [-0.2, -0.15) is 0 Å². The number of rotatable bonds is 4. The van der Waals surface area contributed by atoms with E-state index in [1.54, 1.807) is 0 Å². The number of nitrogens with zero attached hydrogens (tertiary/aromatic N) is 1. The van der Waals surface area contributed by atoms with Crippen molar-refractivity contribution in [3.05, 3.63) is 53.1 Å². The molecule has 0 atom stereocenters. The van der Waals surface area contributed by atoms with Gasteiger partial charge in [-0.15, -0.1) is 0 Å². The number of imidazole rings is 1. The lowest BCUT2D eigenvalue weighted by molar-refractivity contribution is 0.0950. The fraction of sp³-hybridized carbons (Fsp3) is 0.444. The van der Waals surface area contributed by atoms with Gasteiger partial charge in [0.2, 0.25) is 0 Å². The van der Waals surface area contributed by atoms with Crippen molar-refractivity contribution in [2.75, 3.05) is 13.1 Å². The van der Waals surface area contributed by atoms with E-state index in [0.717, 1.165) is 24.6 Å². The van der Waals surface area contributed by atoms with Crippen LogP contribution in [0.5, 0.6) is 0 Å². The second-order valence-electron chi connectivity index (χ2n) is 7.15. The van der Waals surface area contributed by atoms with Gasteiger partial charge in [0.25, 0.3) is 5.91 Å². The quantitative estimate of drug-likeness (QED) is 0.811. The van der Waals surface area contributed by atoms with Crippen LogP contribution in [0.15, 0.2) is 30.5 Å². The van der Waals surface area contributed by atoms with Gasteiger partial charge in [-0.3, -0.25) is 4.79 Å². The summed E-state index contributed by atoms with van der Waals surface area (Å²) in [6.07, 6.45) is 1.87. The van der Waals surface area contributed by atoms with Gasteiger partial charge in [-0.1, -0.05) is 32.9 Å². The molecule has 122 valence electrons. The molecule has 0 unspecified atom stereocenters. The van der Waals surface area contributed by atoms with Crippen molar-refractivity contribution < 1.29 is 4.79 Å². The van der Waals surface area contributed by atoms with Crippen LogP contribution in [0.1, 0.15) is 54.1 Å². The molecule has 0 radical (unpaired) electrons. The summed E-state index contributed by atoms with van der Waals surface area (Å²) in [5.41, 5.74) is 3.13. The van der Waals surface area contributed by atoms with Gasteiger partial charge in [0.05, 0.1) is 6.54 Å². The standard InChI is InChI=1S/C18H24N4O/c1-18(2,3)14-6-4-12(5-7-14)17(23)21-11-16-20-10-15(22-16)13-8-19-9-13/h4-7,10,13,19H,8-9,11H2,1-3H3,(H,20,22)(H,21,23). The zero-order chi connectivity index (χ0) is 16.4. The van der Waals surface area contributed by atoms with Crippen molar-refractivity contribution in [1.82, 2.24) is 20.6 Å². The van der Waals surface area contributed by atoms with E-state index in [1.807, 2.05) is 30.5 Å². The molecule has 0 bridgehead atoms. The lowest BCUT2D eigenvalue weighted by Gasteiger charge is -2.25. The molecule has 5 heteroatoms. The molecule has 1 saturated heterocycles. The van der Waals surface area contributed by atoms with E-state index in [4.69, 9.17) is 0 Å². The highest BCUT2D eigenvalue weighted by molar-refractivity contribution is 5.94. The van der Waals surface area contributed by atoms with Gasteiger partial charge in [-0.05, 0) is 23.1 Å². The first-order valence-electron chi connectivity index (χ1n) is 8.07. The Balaban J connectivity index is 1.57. The van der Waals surface area contributed by atoms with Crippen molar-refractivity contribution in [3.63, 3.8) is 0 Å². The second kappa shape index (κ2) is 6.16. The molecule has 1 fully saturated rings. The van der Waals surface area contributed by atoms with Crippen LogP contribution in [0.25, 0.3) is 0 Å². The first-order valence-corrected chi connectivity index (χ1v) is 8.07. The van der Waals surface area contributed by atoms with E-state index in [1.165, 1.54) is 5.56 Å². The molecule has 2 aromatic rings. The maximum atomic E-state index is 12.2. The summed E-state index contributed by atoms with van der Waals surface area (Å²) in [6, 6.07) is 7.79. The van der Waals surface area contributed by atoms with Crippen molar-refractivity contribution >= 4 is 5.91 Å².